The van der Waals surface area contributed by atoms with E-state index in [1.807, 2.05) is 6.92 Å². The minimum atomic E-state index is 0. The van der Waals surface area contributed by atoms with Crippen molar-refractivity contribution in [2.75, 3.05) is 0 Å². The first-order valence-electron chi connectivity index (χ1n) is 2.81. The third-order valence-corrected chi connectivity index (χ3v) is 0.832. The summed E-state index contributed by atoms with van der Waals surface area (Å²) in [7, 11) is 0. The standard InChI is InChI=1S/C7H12.2Na.2H/c1-3-5-7-6-4-2;;;;/h3,5,7H2,1-2H3;;;;/q;2*+1;2*-1. The van der Waals surface area contributed by atoms with Gasteiger partial charge in [0.1, 0.15) is 0 Å². The molecule has 0 aliphatic heterocycles. The summed E-state index contributed by atoms with van der Waals surface area (Å²) >= 11 is 0. The van der Waals surface area contributed by atoms with E-state index >= 15 is 0 Å². The Hall–Kier alpha value is 1.56. The minimum Gasteiger partial charge on any atom is -1.00 e. The van der Waals surface area contributed by atoms with Crippen molar-refractivity contribution in [2.45, 2.75) is 33.1 Å². The summed E-state index contributed by atoms with van der Waals surface area (Å²) < 4.78 is 0. The van der Waals surface area contributed by atoms with E-state index in [1.54, 1.807) is 0 Å². The van der Waals surface area contributed by atoms with Crippen LogP contribution in [0.5, 0.6) is 0 Å². The van der Waals surface area contributed by atoms with Crippen LogP contribution in [0.3, 0.4) is 0 Å². The molecule has 0 saturated heterocycles. The van der Waals surface area contributed by atoms with Gasteiger partial charge in [-0.25, -0.2) is 0 Å². The molecule has 0 unspecified atom stereocenters. The van der Waals surface area contributed by atoms with Gasteiger partial charge in [-0.05, 0) is 13.3 Å². The summed E-state index contributed by atoms with van der Waals surface area (Å²) in [6.07, 6.45) is 3.59. The molecule has 0 amide bonds. The van der Waals surface area contributed by atoms with Gasteiger partial charge >= 0.3 is 59.1 Å². The van der Waals surface area contributed by atoms with E-state index in [4.69, 9.17) is 0 Å². The fraction of sp³-hybridized carbons (Fsp3) is 0.714. The molecule has 2 heteroatoms. The first-order chi connectivity index (χ1) is 3.41. The van der Waals surface area contributed by atoms with Gasteiger partial charge in [0, 0.05) is 6.42 Å². The van der Waals surface area contributed by atoms with E-state index in [1.165, 1.54) is 12.8 Å². The molecule has 0 N–H and O–H groups in total. The third-order valence-electron chi connectivity index (χ3n) is 0.832. The van der Waals surface area contributed by atoms with E-state index in [9.17, 15) is 0 Å². The molecule has 0 aromatic rings. The van der Waals surface area contributed by atoms with Gasteiger partial charge in [-0.15, -0.1) is 11.8 Å². The van der Waals surface area contributed by atoms with E-state index in [0.717, 1.165) is 6.42 Å². The molecule has 0 aliphatic carbocycles. The number of hydrogen-bond donors (Lipinski definition) is 0. The number of rotatable bonds is 2. The number of hydrogen-bond acceptors (Lipinski definition) is 0. The minimum absolute atomic E-state index is 0. The van der Waals surface area contributed by atoms with Crippen LogP contribution >= 0.6 is 0 Å². The Morgan fingerprint density at radius 1 is 1.33 bits per heavy atom. The molecule has 0 nitrogen and oxygen atoms in total. The third kappa shape index (κ3) is 17.7. The molecule has 44 valence electrons. The van der Waals surface area contributed by atoms with Gasteiger partial charge in [-0.3, -0.25) is 0 Å². The molecule has 0 aliphatic rings. The summed E-state index contributed by atoms with van der Waals surface area (Å²) in [5.41, 5.74) is 0. The van der Waals surface area contributed by atoms with Gasteiger partial charge in [0.25, 0.3) is 0 Å². The van der Waals surface area contributed by atoms with Gasteiger partial charge in [0.15, 0.2) is 0 Å². The maximum atomic E-state index is 3.00. The van der Waals surface area contributed by atoms with Crippen molar-refractivity contribution < 1.29 is 62.0 Å². The molecule has 9 heavy (non-hydrogen) atoms. The molecule has 0 bridgehead atoms. The maximum Gasteiger partial charge on any atom is 1.00 e. The van der Waals surface area contributed by atoms with Crippen molar-refractivity contribution in [2.24, 2.45) is 0 Å². The Kier molecular flexibility index (Phi) is 30.5. The molecule has 0 radical (unpaired) electrons. The van der Waals surface area contributed by atoms with Crippen LogP contribution in [0.25, 0.3) is 0 Å². The Labute approximate surface area is 106 Å². The molecule has 0 aromatic heterocycles. The van der Waals surface area contributed by atoms with Crippen LogP contribution in [0, 0.1) is 11.8 Å². The van der Waals surface area contributed by atoms with Crippen molar-refractivity contribution >= 4 is 0 Å². The average Bonchev–Trinajstić information content (AvgIpc) is 1.69. The zero-order valence-electron chi connectivity index (χ0n) is 9.12. The predicted molar refractivity (Wildman–Crippen MR) is 35.2 cm³/mol. The van der Waals surface area contributed by atoms with E-state index in [0.29, 0.717) is 0 Å². The molecule has 0 rings (SSSR count). The van der Waals surface area contributed by atoms with Gasteiger partial charge in [-0.1, -0.05) is 13.3 Å². The summed E-state index contributed by atoms with van der Waals surface area (Å²) in [4.78, 5) is 0. The Morgan fingerprint density at radius 3 is 2.22 bits per heavy atom. The van der Waals surface area contributed by atoms with Crippen molar-refractivity contribution in [3.05, 3.63) is 0 Å². The van der Waals surface area contributed by atoms with Crippen LogP contribution in [0.1, 0.15) is 36.0 Å². The molecule has 0 atom stereocenters. The second-order valence-electron chi connectivity index (χ2n) is 1.53. The van der Waals surface area contributed by atoms with Gasteiger partial charge in [0.05, 0.1) is 0 Å². The van der Waals surface area contributed by atoms with E-state index in [2.05, 4.69) is 18.8 Å². The second kappa shape index (κ2) is 16.3. The topological polar surface area (TPSA) is 0 Å². The Bertz CT molecular complexity index is 86.2. The monoisotopic (exact) mass is 144 g/mol. The molecule has 0 spiro atoms. The molecular formula is C7H14Na2. The zero-order valence-corrected chi connectivity index (χ0v) is 11.1. The number of unbranched alkanes of at least 4 members (excludes halogenated alkanes) is 2. The van der Waals surface area contributed by atoms with Crippen LogP contribution in [-0.4, -0.2) is 0 Å². The van der Waals surface area contributed by atoms with Gasteiger partial charge in [-0.2, -0.15) is 0 Å². The zero-order chi connectivity index (χ0) is 5.54. The van der Waals surface area contributed by atoms with Crippen molar-refractivity contribution in [1.82, 2.24) is 0 Å². The molecule has 0 heterocycles. The van der Waals surface area contributed by atoms with Gasteiger partial charge in [0.2, 0.25) is 0 Å². The van der Waals surface area contributed by atoms with Crippen LogP contribution in [-0.2, 0) is 0 Å². The van der Waals surface area contributed by atoms with Crippen LogP contribution in [0.2, 0.25) is 0 Å². The predicted octanol–water partition coefficient (Wildman–Crippen LogP) is -3.57. The maximum absolute atomic E-state index is 3.00. The largest absolute Gasteiger partial charge is 1.00 e. The summed E-state index contributed by atoms with van der Waals surface area (Å²) in [5, 5.41) is 0. The molecule has 0 saturated carbocycles. The quantitative estimate of drug-likeness (QED) is 0.214. The molecular weight excluding hydrogens is 130 g/mol. The fourth-order valence-electron chi connectivity index (χ4n) is 0.390. The first kappa shape index (κ1) is 16.9. The van der Waals surface area contributed by atoms with Crippen molar-refractivity contribution in [3.63, 3.8) is 0 Å². The molecule has 0 aromatic carbocycles. The summed E-state index contributed by atoms with van der Waals surface area (Å²) in [6, 6.07) is 0. The van der Waals surface area contributed by atoms with Crippen LogP contribution in [0.15, 0.2) is 0 Å². The summed E-state index contributed by atoms with van der Waals surface area (Å²) in [6.45, 7) is 4.06. The van der Waals surface area contributed by atoms with Crippen LogP contribution < -0.4 is 59.1 Å². The Balaban J connectivity index is -0.0000000300. The van der Waals surface area contributed by atoms with Crippen molar-refractivity contribution in [3.8, 4) is 11.8 Å². The van der Waals surface area contributed by atoms with E-state index < -0.39 is 0 Å². The smallest absolute Gasteiger partial charge is 1.00 e. The first-order valence-corrected chi connectivity index (χ1v) is 2.81. The van der Waals surface area contributed by atoms with E-state index in [-0.39, 0.29) is 62.0 Å². The summed E-state index contributed by atoms with van der Waals surface area (Å²) in [5.74, 6) is 5.85. The fourth-order valence-corrected chi connectivity index (χ4v) is 0.390. The van der Waals surface area contributed by atoms with Crippen LogP contribution in [0.4, 0.5) is 0 Å². The average molecular weight is 144 g/mol. The second-order valence-corrected chi connectivity index (χ2v) is 1.53. The normalized spacial score (nSPS) is 5.56. The van der Waals surface area contributed by atoms with Gasteiger partial charge < -0.3 is 2.85 Å². The Morgan fingerprint density at radius 2 is 1.89 bits per heavy atom. The van der Waals surface area contributed by atoms with Crippen molar-refractivity contribution in [1.29, 1.82) is 0 Å². The molecule has 0 fully saturated rings. The SMILES string of the molecule is CC#CCCCC.[H-].[H-].[Na+].[Na+].